The third-order valence-corrected chi connectivity index (χ3v) is 3.19. The molecule has 2 atom stereocenters. The van der Waals surface area contributed by atoms with Crippen LogP contribution < -0.4 is 11.1 Å². The Morgan fingerprint density at radius 1 is 0.935 bits per heavy atom. The summed E-state index contributed by atoms with van der Waals surface area (Å²) < 4.78 is 30.6. The lowest BCUT2D eigenvalue weighted by atomic mass is 10.3. The molecule has 2 saturated heterocycles. The molecule has 374 valence electrons. The zero-order valence-electron chi connectivity index (χ0n) is 43.5. The van der Waals surface area contributed by atoms with E-state index in [2.05, 4.69) is 129 Å². The quantitative estimate of drug-likeness (QED) is 0.0166. The van der Waals surface area contributed by atoms with Gasteiger partial charge in [-0.3, -0.25) is 9.35 Å². The van der Waals surface area contributed by atoms with E-state index >= 15 is 0 Å². The van der Waals surface area contributed by atoms with Crippen LogP contribution in [-0.2, 0) is 29.2 Å². The van der Waals surface area contributed by atoms with Crippen LogP contribution in [0.15, 0.2) is 82.9 Å². The molecule has 0 radical (unpaired) electrons. The third-order valence-electron chi connectivity index (χ3n) is 3.01. The summed E-state index contributed by atoms with van der Waals surface area (Å²) in [5, 5.41) is 19.7. The van der Waals surface area contributed by atoms with Crippen molar-refractivity contribution in [3.05, 3.63) is 72.9 Å². The number of thiol groups is 1. The number of aliphatic imine (C=N–C) groups is 2. The van der Waals surface area contributed by atoms with E-state index in [-0.39, 0.29) is 0 Å². The predicted octanol–water partition coefficient (Wildman–Crippen LogP) is 11.1. The fraction of sp³-hybridized carbons (Fsp3) is 0.609. The van der Waals surface area contributed by atoms with Crippen LogP contribution in [0.3, 0.4) is 0 Å². The number of carboxylic acids is 1. The highest BCUT2D eigenvalue weighted by Gasteiger charge is 2.13. The average Bonchev–Trinajstić information content (AvgIpc) is 4.18. The molecule has 2 unspecified atom stereocenters. The molecule has 0 spiro atoms. The third kappa shape index (κ3) is 1600. The van der Waals surface area contributed by atoms with Crippen molar-refractivity contribution >= 4 is 58.5 Å². The minimum Gasteiger partial charge on any atom is -0.481 e. The van der Waals surface area contributed by atoms with Gasteiger partial charge in [0.05, 0.1) is 24.1 Å². The Morgan fingerprint density at radius 2 is 1.08 bits per heavy atom. The Hall–Kier alpha value is -3.58. The maximum atomic E-state index is 9.19. The Balaban J connectivity index is -0.0000000293. The average molecular weight is 948 g/mol. The van der Waals surface area contributed by atoms with Gasteiger partial charge in [-0.25, -0.2) is 14.8 Å². The molecule has 0 amide bonds. The van der Waals surface area contributed by atoms with Crippen molar-refractivity contribution < 1.29 is 42.3 Å². The van der Waals surface area contributed by atoms with Crippen LogP contribution in [0.5, 0.6) is 0 Å². The van der Waals surface area contributed by atoms with Crippen LogP contribution >= 0.6 is 24.8 Å². The van der Waals surface area contributed by atoms with E-state index in [9.17, 15) is 8.42 Å². The highest BCUT2D eigenvalue weighted by atomic mass is 32.2. The lowest BCUT2D eigenvalue weighted by Crippen LogP contribution is -1.88. The van der Waals surface area contributed by atoms with Crippen LogP contribution in [0.25, 0.3) is 0 Å². The molecule has 2 fully saturated rings. The number of isothiocyanates is 1. The van der Waals surface area contributed by atoms with Gasteiger partial charge in [-0.2, -0.15) is 21.0 Å². The number of aldehydes is 1. The topological polar surface area (TPSA) is 231 Å². The van der Waals surface area contributed by atoms with Gasteiger partial charge >= 0.3 is 0 Å². The number of aliphatic hydroxyl groups excluding tert-OH is 1. The molecule has 0 saturated carbocycles. The Kier molecular flexibility index (Phi) is 227. The Bertz CT molecular complexity index is 1050. The van der Waals surface area contributed by atoms with Gasteiger partial charge in [0.1, 0.15) is 6.29 Å². The first-order valence-electron chi connectivity index (χ1n) is 19.0. The lowest BCUT2D eigenvalue weighted by Gasteiger charge is -1.74. The molecule has 16 heteroatoms. The largest absolute Gasteiger partial charge is 0.481 e. The number of carbonyl (C=O) groups is 2. The van der Waals surface area contributed by atoms with E-state index < -0.39 is 16.1 Å². The van der Waals surface area contributed by atoms with Crippen molar-refractivity contribution in [2.75, 3.05) is 53.9 Å². The summed E-state index contributed by atoms with van der Waals surface area (Å²) >= 11 is 7.66. The van der Waals surface area contributed by atoms with E-state index in [1.54, 1.807) is 26.3 Å². The summed E-state index contributed by atoms with van der Waals surface area (Å²) in [6, 6.07) is 0.833. The van der Waals surface area contributed by atoms with Crippen LogP contribution in [-0.4, -0.2) is 113 Å². The number of isocyanates is 1. The summed E-state index contributed by atoms with van der Waals surface area (Å²) in [6.45, 7) is 41.7. The molecular weight excluding hydrogens is 849 g/mol. The summed E-state index contributed by atoms with van der Waals surface area (Å²) in [6.07, 6.45) is 26.8. The fourth-order valence-corrected chi connectivity index (χ4v) is 0.450. The Morgan fingerprint density at radius 3 is 1.08 bits per heavy atom. The number of aliphatic carboxylic acids is 1. The number of nitrogens with two attached hydrogens (primary N) is 1. The molecule has 0 aromatic heterocycles. The number of allylic oxidation sites excluding steroid dienone is 10. The number of carbonyl (C=O) groups excluding carboxylic acids is 2. The molecular formula is C46H98N4O9S3. The van der Waals surface area contributed by atoms with Crippen molar-refractivity contribution in [3.8, 4) is 12.3 Å². The molecule has 0 aromatic carbocycles. The molecule has 2 aliphatic rings. The van der Waals surface area contributed by atoms with Gasteiger partial charge in [-0.1, -0.05) is 66.7 Å². The number of nitrogens with zero attached hydrogens (tertiary/aromatic N) is 2. The van der Waals surface area contributed by atoms with Gasteiger partial charge in [0.2, 0.25) is 6.08 Å². The molecule has 0 aliphatic carbocycles. The van der Waals surface area contributed by atoms with Crippen molar-refractivity contribution in [3.63, 3.8) is 0 Å². The first-order valence-corrected chi connectivity index (χ1v) is 22.2. The van der Waals surface area contributed by atoms with E-state index in [1.165, 1.54) is 44.8 Å². The highest BCUT2D eigenvalue weighted by Crippen LogP contribution is 2.04. The number of thiocarbonyl (C=S) groups is 1. The molecule has 2 rings (SSSR count). The van der Waals surface area contributed by atoms with Gasteiger partial charge < -0.3 is 30.8 Å². The van der Waals surface area contributed by atoms with E-state index in [0.717, 1.165) is 39.4 Å². The van der Waals surface area contributed by atoms with Gasteiger partial charge in [0, 0.05) is 40.7 Å². The van der Waals surface area contributed by atoms with Crippen LogP contribution in [0.4, 0.5) is 0 Å². The Labute approximate surface area is 395 Å². The summed E-state index contributed by atoms with van der Waals surface area (Å²) in [4.78, 5) is 32.9. The van der Waals surface area contributed by atoms with Crippen molar-refractivity contribution in [1.82, 2.24) is 5.32 Å². The van der Waals surface area contributed by atoms with Gasteiger partial charge in [0.15, 0.2) is 0 Å². The molecule has 2 aliphatic heterocycles. The fourth-order valence-electron chi connectivity index (χ4n) is 0.450. The molecule has 2 heterocycles. The van der Waals surface area contributed by atoms with Crippen molar-refractivity contribution in [2.24, 2.45) is 15.7 Å². The van der Waals surface area contributed by atoms with Crippen LogP contribution in [0, 0.1) is 12.3 Å². The molecule has 0 aromatic rings. The van der Waals surface area contributed by atoms with E-state index in [0.29, 0.717) is 12.4 Å². The smallest absolute Gasteiger partial charge is 0.300 e. The highest BCUT2D eigenvalue weighted by molar-refractivity contribution is 7.85. The molecule has 0 bridgehead atoms. The number of aliphatic hydroxyl groups is 1. The zero-order chi connectivity index (χ0) is 53.8. The van der Waals surface area contributed by atoms with Gasteiger partial charge in [-0.15, -0.1) is 25.5 Å². The van der Waals surface area contributed by atoms with Crippen molar-refractivity contribution in [1.29, 1.82) is 0 Å². The van der Waals surface area contributed by atoms with E-state index in [1.807, 2.05) is 86.6 Å². The standard InChI is InChI=1S/2C5H10.3C4H8.C3H7N.C3H6O.C3H6.C3H4.C2H3NO.C2H3NS.C2H4O2.C2H4O.CH5N.CH4O3S.CH4O.CH4S/c1-4-5(2)3;1-3-5-4-2;1-4(2)3;2*1-3-4-2;2*1-3-2-4-3;2*1-3-2;2*1-3-2-4;1-2(3)4;1-2-3;1-2;1-5(2,3)4;2*1-2/h4H,1-3H3;3,5H,4H2,1-2H3;1H2,2-3H3;2*3-4H,1-2H3;3-4H,2H2,1H3;3H,2H2,1H3;3H,1H2,2H3;1H,2H3;2*1H3;1H3,(H,3,4);2H,1H3;2H2,1H3;1H3,(H,2,3,4);2*2H,1H3/b;5-3+;;;;;;;;;;;;;;;. The number of ether oxygens (including phenoxy) is 1. The summed E-state index contributed by atoms with van der Waals surface area (Å²) in [5.74, 6) is 1.42. The number of carboxylic acid groups (broad SMARTS) is 1. The second-order valence-corrected chi connectivity index (χ2v) is 11.8. The van der Waals surface area contributed by atoms with Crippen molar-refractivity contribution in [2.45, 2.75) is 136 Å². The monoisotopic (exact) mass is 947 g/mol. The maximum Gasteiger partial charge on any atom is 0.300 e. The number of terminal acetylenes is 1. The van der Waals surface area contributed by atoms with Gasteiger partial charge in [-0.05, 0) is 136 Å². The minimum atomic E-state index is -3.67. The number of rotatable bonds is 1. The lowest BCUT2D eigenvalue weighted by molar-refractivity contribution is -0.134. The molecule has 62 heavy (non-hydrogen) atoms. The number of hydrogen-bond acceptors (Lipinski definition) is 13. The first-order chi connectivity index (χ1) is 28.8. The second-order valence-electron chi connectivity index (χ2n) is 10.2. The number of epoxide rings is 1. The summed E-state index contributed by atoms with van der Waals surface area (Å²) in [5.41, 5.74) is 7.05. The second kappa shape index (κ2) is 138. The normalized spacial score (nSPS) is 10.9. The molecule has 6 N–H and O–H groups in total. The number of hydrogen-bond donors (Lipinski definition) is 6. The SMILES string of the molecule is C#CC.C/C=C/CC.C=C(C)C.C=CC.CC(=O)O.CC1CN1.CC1CO1.CC=C(C)C.CC=CC.CC=CC.CC=O.CN.CN=C=O.CN=C=S.CO.CS.CS(=O)(=O)O. The van der Waals surface area contributed by atoms with E-state index in [4.69, 9.17) is 33.9 Å². The maximum absolute atomic E-state index is 9.19. The molecule has 13 nitrogen and oxygen atoms in total. The number of nitrogens with one attached hydrogen (secondary N) is 1. The first kappa shape index (κ1) is 102. The van der Waals surface area contributed by atoms with Crippen LogP contribution in [0.2, 0.25) is 0 Å². The minimum absolute atomic E-state index is 0.583. The van der Waals surface area contributed by atoms with Crippen LogP contribution in [0.1, 0.15) is 124 Å². The predicted molar refractivity (Wildman–Crippen MR) is 286 cm³/mol. The van der Waals surface area contributed by atoms with Gasteiger partial charge in [0.25, 0.3) is 16.1 Å². The zero-order valence-corrected chi connectivity index (χ0v) is 46.0. The summed E-state index contributed by atoms with van der Waals surface area (Å²) in [7, 11) is 1.81.